The van der Waals surface area contributed by atoms with E-state index in [-0.39, 0.29) is 0 Å². The molecule has 2 heterocycles. The molecule has 2 unspecified atom stereocenters. The number of aromatic nitrogens is 2. The maximum absolute atomic E-state index is 4.24. The van der Waals surface area contributed by atoms with E-state index < -0.39 is 0 Å². The van der Waals surface area contributed by atoms with Crippen LogP contribution in [0.2, 0.25) is 0 Å². The van der Waals surface area contributed by atoms with Crippen molar-refractivity contribution in [3.63, 3.8) is 0 Å². The second-order valence-corrected chi connectivity index (χ2v) is 6.85. The first kappa shape index (κ1) is 13.6. The van der Waals surface area contributed by atoms with E-state index in [0.29, 0.717) is 11.3 Å². The third kappa shape index (κ3) is 3.37. The Morgan fingerprint density at radius 2 is 2.20 bits per heavy atom. The lowest BCUT2D eigenvalue weighted by Gasteiger charge is -2.30. The molecule has 1 aliphatic rings. The van der Waals surface area contributed by atoms with Crippen molar-refractivity contribution >= 4 is 17.4 Å². The van der Waals surface area contributed by atoms with Gasteiger partial charge in [-0.05, 0) is 42.4 Å². The minimum Gasteiger partial charge on any atom is -0.381 e. The molecule has 3 rings (SSSR count). The van der Waals surface area contributed by atoms with Crippen LogP contribution in [-0.4, -0.2) is 26.8 Å². The number of anilines is 1. The van der Waals surface area contributed by atoms with Crippen LogP contribution in [-0.2, 0) is 6.54 Å². The van der Waals surface area contributed by atoms with Crippen LogP contribution in [0.15, 0.2) is 42.7 Å². The highest BCUT2D eigenvalue weighted by molar-refractivity contribution is 8.00. The molecule has 0 bridgehead atoms. The van der Waals surface area contributed by atoms with Gasteiger partial charge >= 0.3 is 0 Å². The van der Waals surface area contributed by atoms with Crippen LogP contribution in [0, 0.1) is 0 Å². The SMILES string of the molecule is CC1SCCCC1Nc1ccc(Cn2cccn2)cc1. The summed E-state index contributed by atoms with van der Waals surface area (Å²) in [7, 11) is 0. The topological polar surface area (TPSA) is 29.9 Å². The Bertz CT molecular complexity index is 521. The standard InChI is InChI=1S/C16H21N3S/c1-13-16(4-2-11-20-13)18-15-7-5-14(6-8-15)12-19-10-3-9-17-19/h3,5-10,13,16,18H,2,4,11-12H2,1H3. The third-order valence-electron chi connectivity index (χ3n) is 3.82. The van der Waals surface area contributed by atoms with E-state index in [9.17, 15) is 0 Å². The summed E-state index contributed by atoms with van der Waals surface area (Å²) in [5.74, 6) is 1.31. The van der Waals surface area contributed by atoms with Gasteiger partial charge in [-0.1, -0.05) is 19.1 Å². The summed E-state index contributed by atoms with van der Waals surface area (Å²) in [6.45, 7) is 3.16. The summed E-state index contributed by atoms with van der Waals surface area (Å²) in [6, 6.07) is 11.3. The Kier molecular flexibility index (Phi) is 4.31. The lowest BCUT2D eigenvalue weighted by atomic mass is 10.1. The zero-order valence-corrected chi connectivity index (χ0v) is 12.6. The molecule has 1 N–H and O–H groups in total. The van der Waals surface area contributed by atoms with Crippen molar-refractivity contribution in [1.82, 2.24) is 9.78 Å². The fraction of sp³-hybridized carbons (Fsp3) is 0.438. The summed E-state index contributed by atoms with van der Waals surface area (Å²) < 4.78 is 1.95. The van der Waals surface area contributed by atoms with Crippen molar-refractivity contribution < 1.29 is 0 Å². The van der Waals surface area contributed by atoms with Crippen LogP contribution in [0.4, 0.5) is 5.69 Å². The number of benzene rings is 1. The van der Waals surface area contributed by atoms with Crippen molar-refractivity contribution in [2.24, 2.45) is 0 Å². The molecule has 1 fully saturated rings. The number of nitrogens with one attached hydrogen (secondary N) is 1. The Morgan fingerprint density at radius 1 is 1.35 bits per heavy atom. The minimum absolute atomic E-state index is 0.603. The molecule has 1 aromatic heterocycles. The summed E-state index contributed by atoms with van der Waals surface area (Å²) in [6.07, 6.45) is 6.42. The van der Waals surface area contributed by atoms with Crippen LogP contribution >= 0.6 is 11.8 Å². The number of hydrogen-bond acceptors (Lipinski definition) is 3. The van der Waals surface area contributed by atoms with Crippen LogP contribution < -0.4 is 5.32 Å². The number of hydrogen-bond donors (Lipinski definition) is 1. The van der Waals surface area contributed by atoms with Gasteiger partial charge in [0.25, 0.3) is 0 Å². The van der Waals surface area contributed by atoms with Gasteiger partial charge < -0.3 is 5.32 Å². The van der Waals surface area contributed by atoms with Crippen molar-refractivity contribution in [3.8, 4) is 0 Å². The highest BCUT2D eigenvalue weighted by Crippen LogP contribution is 2.27. The normalized spacial score (nSPS) is 22.6. The number of nitrogens with zero attached hydrogens (tertiary/aromatic N) is 2. The third-order valence-corrected chi connectivity index (χ3v) is 5.20. The van der Waals surface area contributed by atoms with E-state index in [1.54, 1.807) is 0 Å². The molecule has 0 saturated carbocycles. The molecule has 106 valence electrons. The monoisotopic (exact) mass is 287 g/mol. The van der Waals surface area contributed by atoms with Gasteiger partial charge in [-0.3, -0.25) is 4.68 Å². The number of thioether (sulfide) groups is 1. The van der Waals surface area contributed by atoms with E-state index in [4.69, 9.17) is 0 Å². The highest BCUT2D eigenvalue weighted by atomic mass is 32.2. The van der Waals surface area contributed by atoms with Crippen LogP contribution in [0.3, 0.4) is 0 Å². The molecule has 4 heteroatoms. The van der Waals surface area contributed by atoms with Gasteiger partial charge in [-0.2, -0.15) is 16.9 Å². The van der Waals surface area contributed by atoms with Crippen LogP contribution in [0.25, 0.3) is 0 Å². The van der Waals surface area contributed by atoms with Gasteiger partial charge in [-0.15, -0.1) is 0 Å². The highest BCUT2D eigenvalue weighted by Gasteiger charge is 2.21. The Balaban J connectivity index is 1.61. The zero-order valence-electron chi connectivity index (χ0n) is 11.8. The predicted molar refractivity (Wildman–Crippen MR) is 86.3 cm³/mol. The molecule has 2 atom stereocenters. The lowest BCUT2D eigenvalue weighted by Crippen LogP contribution is -2.32. The molecule has 2 aromatic rings. The summed E-state index contributed by atoms with van der Waals surface area (Å²) in [5, 5.41) is 8.61. The van der Waals surface area contributed by atoms with Crippen molar-refractivity contribution in [1.29, 1.82) is 0 Å². The second-order valence-electron chi connectivity index (χ2n) is 5.37. The Hall–Kier alpha value is -1.42. The van der Waals surface area contributed by atoms with Gasteiger partial charge in [0, 0.05) is 29.4 Å². The van der Waals surface area contributed by atoms with E-state index >= 15 is 0 Å². The summed E-state index contributed by atoms with van der Waals surface area (Å²) >= 11 is 2.08. The fourth-order valence-electron chi connectivity index (χ4n) is 2.61. The molecule has 0 aliphatic carbocycles. The molecule has 3 nitrogen and oxygen atoms in total. The van der Waals surface area contributed by atoms with E-state index in [0.717, 1.165) is 6.54 Å². The molecule has 1 aromatic carbocycles. The van der Waals surface area contributed by atoms with Crippen molar-refractivity contribution in [2.45, 2.75) is 37.6 Å². The molecule has 1 saturated heterocycles. The maximum atomic E-state index is 4.24. The zero-order chi connectivity index (χ0) is 13.8. The molecule has 0 spiro atoms. The molecular formula is C16H21N3S. The predicted octanol–water partition coefficient (Wildman–Crippen LogP) is 3.63. The van der Waals surface area contributed by atoms with Crippen LogP contribution in [0.5, 0.6) is 0 Å². The minimum atomic E-state index is 0.603. The van der Waals surface area contributed by atoms with Crippen molar-refractivity contribution in [2.75, 3.05) is 11.1 Å². The van der Waals surface area contributed by atoms with E-state index in [2.05, 4.69) is 53.4 Å². The first-order valence-electron chi connectivity index (χ1n) is 7.26. The first-order chi connectivity index (χ1) is 9.81. The Labute approximate surface area is 124 Å². The van der Waals surface area contributed by atoms with Crippen LogP contribution in [0.1, 0.15) is 25.3 Å². The van der Waals surface area contributed by atoms with Gasteiger partial charge in [0.15, 0.2) is 0 Å². The van der Waals surface area contributed by atoms with Gasteiger partial charge in [0.05, 0.1) is 6.54 Å². The molecule has 0 amide bonds. The van der Waals surface area contributed by atoms with Crippen molar-refractivity contribution in [3.05, 3.63) is 48.3 Å². The van der Waals surface area contributed by atoms with E-state index in [1.165, 1.54) is 29.8 Å². The molecule has 20 heavy (non-hydrogen) atoms. The smallest absolute Gasteiger partial charge is 0.0659 e. The van der Waals surface area contributed by atoms with E-state index in [1.807, 2.05) is 23.1 Å². The first-order valence-corrected chi connectivity index (χ1v) is 8.30. The summed E-state index contributed by atoms with van der Waals surface area (Å²) in [5.41, 5.74) is 2.51. The average molecular weight is 287 g/mol. The molecular weight excluding hydrogens is 266 g/mol. The maximum Gasteiger partial charge on any atom is 0.0659 e. The average Bonchev–Trinajstić information content (AvgIpc) is 2.96. The second kappa shape index (κ2) is 6.35. The largest absolute Gasteiger partial charge is 0.381 e. The molecule has 1 aliphatic heterocycles. The van der Waals surface area contributed by atoms with Gasteiger partial charge in [0.1, 0.15) is 0 Å². The van der Waals surface area contributed by atoms with Gasteiger partial charge in [0.2, 0.25) is 0 Å². The quantitative estimate of drug-likeness (QED) is 0.931. The summed E-state index contributed by atoms with van der Waals surface area (Å²) in [4.78, 5) is 0. The molecule has 0 radical (unpaired) electrons. The number of rotatable bonds is 4. The van der Waals surface area contributed by atoms with Gasteiger partial charge in [-0.25, -0.2) is 0 Å². The lowest BCUT2D eigenvalue weighted by molar-refractivity contribution is 0.617. The Morgan fingerprint density at radius 3 is 2.90 bits per heavy atom. The fourth-order valence-corrected chi connectivity index (χ4v) is 3.76.